The van der Waals surface area contributed by atoms with Crippen molar-refractivity contribution in [1.82, 2.24) is 5.32 Å². The second-order valence-electron chi connectivity index (χ2n) is 6.17. The van der Waals surface area contributed by atoms with Gasteiger partial charge < -0.3 is 14.8 Å². The summed E-state index contributed by atoms with van der Waals surface area (Å²) in [5.41, 5.74) is 0.942. The van der Waals surface area contributed by atoms with Gasteiger partial charge in [-0.3, -0.25) is 4.79 Å². The molecule has 1 N–H and O–H groups in total. The lowest BCUT2D eigenvalue weighted by atomic mass is 9.85. The summed E-state index contributed by atoms with van der Waals surface area (Å²) in [5, 5.41) is 2.90. The number of alkyl halides is 1. The van der Waals surface area contributed by atoms with Crippen LogP contribution >= 0.6 is 22.6 Å². The lowest BCUT2D eigenvalue weighted by molar-refractivity contribution is -0.143. The van der Waals surface area contributed by atoms with Crippen LogP contribution in [0.5, 0.6) is 0 Å². The minimum absolute atomic E-state index is 0.0430. The van der Waals surface area contributed by atoms with Gasteiger partial charge in [0.05, 0.1) is 9.84 Å². The van der Waals surface area contributed by atoms with Crippen molar-refractivity contribution >= 4 is 34.7 Å². The molecule has 5 nitrogen and oxygen atoms in total. The number of nitrogens with one attached hydrogen (secondary N) is 1. The van der Waals surface area contributed by atoms with E-state index >= 15 is 0 Å². The molecular weight excluding hydrogens is 397 g/mol. The van der Waals surface area contributed by atoms with Crippen molar-refractivity contribution in [3.8, 4) is 0 Å². The summed E-state index contributed by atoms with van der Waals surface area (Å²) in [4.78, 5) is 24.0. The van der Waals surface area contributed by atoms with E-state index in [2.05, 4.69) is 27.9 Å². The van der Waals surface area contributed by atoms with Gasteiger partial charge >= 0.3 is 12.1 Å². The Morgan fingerprint density at radius 2 is 2.09 bits per heavy atom. The third-order valence-electron chi connectivity index (χ3n) is 5.02. The molecule has 1 aromatic carbocycles. The fourth-order valence-electron chi connectivity index (χ4n) is 4.07. The molecule has 6 atom stereocenters. The second-order valence-corrected chi connectivity index (χ2v) is 7.61. The molecule has 0 unspecified atom stereocenters. The Bertz CT molecular complexity index is 607. The Morgan fingerprint density at radius 3 is 2.86 bits per heavy atom. The number of halogens is 1. The van der Waals surface area contributed by atoms with Crippen LogP contribution < -0.4 is 5.32 Å². The van der Waals surface area contributed by atoms with Gasteiger partial charge in [-0.15, -0.1) is 0 Å². The molecule has 22 heavy (non-hydrogen) atoms. The molecule has 1 amide bonds. The van der Waals surface area contributed by atoms with Crippen LogP contribution in [0, 0.1) is 17.8 Å². The molecule has 0 aromatic heterocycles. The second kappa shape index (κ2) is 5.40. The number of hydrogen-bond donors (Lipinski definition) is 1. The standard InChI is InChI=1S/C16H16INO4/c17-12-10-6-9-11(15(19)22-14(9)12)13(10)18-16(20)21-7-8-4-2-1-3-5-8/h1-5,9-14H,6-7H2,(H,18,20)/t9-,10+,11+,12-,13+,14+/m1/s1. The number of benzene rings is 1. The minimum Gasteiger partial charge on any atom is -0.461 e. The monoisotopic (exact) mass is 413 g/mol. The van der Waals surface area contributed by atoms with Gasteiger partial charge in [0.2, 0.25) is 0 Å². The molecule has 4 rings (SSSR count). The Labute approximate surface area is 141 Å². The van der Waals surface area contributed by atoms with Crippen molar-refractivity contribution in [3.63, 3.8) is 0 Å². The van der Waals surface area contributed by atoms with Crippen LogP contribution in [0.1, 0.15) is 12.0 Å². The summed E-state index contributed by atoms with van der Waals surface area (Å²) < 4.78 is 11.0. The topological polar surface area (TPSA) is 64.6 Å². The van der Waals surface area contributed by atoms with Crippen molar-refractivity contribution in [2.75, 3.05) is 0 Å². The largest absolute Gasteiger partial charge is 0.461 e. The van der Waals surface area contributed by atoms with Crippen molar-refractivity contribution in [2.24, 2.45) is 17.8 Å². The highest BCUT2D eigenvalue weighted by Crippen LogP contribution is 2.56. The SMILES string of the molecule is O=C(N[C@H]1[C@H]2C[C@H]3[C@H](OC(=O)[C@@H]31)[C@@H]2I)OCc1ccccc1. The number of ether oxygens (including phenoxy) is 2. The molecule has 2 saturated carbocycles. The van der Waals surface area contributed by atoms with Crippen molar-refractivity contribution < 1.29 is 19.1 Å². The average molecular weight is 413 g/mol. The molecular formula is C16H16INO4. The molecule has 3 fully saturated rings. The van der Waals surface area contributed by atoms with E-state index in [0.717, 1.165) is 12.0 Å². The number of carbonyl (C=O) groups is 2. The number of esters is 1. The summed E-state index contributed by atoms with van der Waals surface area (Å²) in [6.07, 6.45) is 0.543. The van der Waals surface area contributed by atoms with E-state index in [1.807, 2.05) is 30.3 Å². The first kappa shape index (κ1) is 14.3. The molecule has 3 aliphatic rings. The number of fused-ring (bicyclic) bond motifs is 1. The first-order valence-electron chi connectivity index (χ1n) is 7.47. The average Bonchev–Trinajstić information content (AvgIpc) is 3.11. The van der Waals surface area contributed by atoms with Crippen LogP contribution in [0.2, 0.25) is 0 Å². The molecule has 2 bridgehead atoms. The summed E-state index contributed by atoms with van der Waals surface area (Å²) in [7, 11) is 0. The molecule has 2 aliphatic carbocycles. The molecule has 1 heterocycles. The van der Waals surface area contributed by atoms with Crippen molar-refractivity contribution in [1.29, 1.82) is 0 Å². The maximum Gasteiger partial charge on any atom is 0.407 e. The van der Waals surface area contributed by atoms with Gasteiger partial charge in [-0.05, 0) is 17.9 Å². The van der Waals surface area contributed by atoms with Crippen LogP contribution in [0.15, 0.2) is 30.3 Å². The van der Waals surface area contributed by atoms with Gasteiger partial charge in [0.25, 0.3) is 0 Å². The Morgan fingerprint density at radius 1 is 1.32 bits per heavy atom. The summed E-state index contributed by atoms with van der Waals surface area (Å²) in [6.45, 7) is 0.235. The van der Waals surface area contributed by atoms with Gasteiger partial charge in [0, 0.05) is 12.0 Å². The molecule has 1 aliphatic heterocycles. The van der Waals surface area contributed by atoms with Gasteiger partial charge in [-0.25, -0.2) is 4.79 Å². The predicted octanol–water partition coefficient (Wildman–Crippen LogP) is 2.28. The number of amides is 1. The minimum atomic E-state index is -0.457. The van der Waals surface area contributed by atoms with E-state index < -0.39 is 6.09 Å². The molecule has 0 radical (unpaired) electrons. The van der Waals surface area contributed by atoms with E-state index in [9.17, 15) is 9.59 Å². The van der Waals surface area contributed by atoms with Crippen molar-refractivity contribution in [3.05, 3.63) is 35.9 Å². The number of carbonyl (C=O) groups excluding carboxylic acids is 2. The highest BCUT2D eigenvalue weighted by molar-refractivity contribution is 14.1. The van der Waals surface area contributed by atoms with Gasteiger partial charge in [-0.1, -0.05) is 52.9 Å². The third-order valence-corrected chi connectivity index (χ3v) is 6.65. The van der Waals surface area contributed by atoms with E-state index in [0.29, 0.717) is 5.92 Å². The lowest BCUT2D eigenvalue weighted by Crippen LogP contribution is -2.48. The number of alkyl carbamates (subject to hydrolysis) is 1. The summed E-state index contributed by atoms with van der Waals surface area (Å²) >= 11 is 2.35. The van der Waals surface area contributed by atoms with E-state index in [-0.39, 0.29) is 40.5 Å². The zero-order valence-corrected chi connectivity index (χ0v) is 13.9. The Kier molecular flexibility index (Phi) is 3.51. The van der Waals surface area contributed by atoms with Crippen LogP contribution in [0.25, 0.3) is 0 Å². The van der Waals surface area contributed by atoms with Gasteiger partial charge in [-0.2, -0.15) is 0 Å². The Hall–Kier alpha value is -1.31. The first-order chi connectivity index (χ1) is 10.6. The molecule has 1 saturated heterocycles. The van der Waals surface area contributed by atoms with Crippen LogP contribution in [-0.2, 0) is 20.9 Å². The van der Waals surface area contributed by atoms with Crippen molar-refractivity contribution in [2.45, 2.75) is 29.1 Å². The normalized spacial score (nSPS) is 38.0. The highest BCUT2D eigenvalue weighted by Gasteiger charge is 2.66. The van der Waals surface area contributed by atoms with Gasteiger partial charge in [0.15, 0.2) is 0 Å². The zero-order valence-electron chi connectivity index (χ0n) is 11.8. The third kappa shape index (κ3) is 2.19. The highest BCUT2D eigenvalue weighted by atomic mass is 127. The van der Waals surface area contributed by atoms with E-state index in [4.69, 9.17) is 9.47 Å². The maximum absolute atomic E-state index is 12.0. The molecule has 6 heteroatoms. The first-order valence-corrected chi connectivity index (χ1v) is 8.71. The molecule has 116 valence electrons. The zero-order chi connectivity index (χ0) is 15.3. The smallest absolute Gasteiger partial charge is 0.407 e. The quantitative estimate of drug-likeness (QED) is 0.469. The predicted molar refractivity (Wildman–Crippen MR) is 86.3 cm³/mol. The van der Waals surface area contributed by atoms with E-state index in [1.54, 1.807) is 0 Å². The Balaban J connectivity index is 1.39. The fraction of sp³-hybridized carbons (Fsp3) is 0.500. The van der Waals surface area contributed by atoms with E-state index in [1.165, 1.54) is 0 Å². The summed E-state index contributed by atoms with van der Waals surface area (Å²) in [6, 6.07) is 9.39. The van der Waals surface area contributed by atoms with Crippen LogP contribution in [0.4, 0.5) is 4.79 Å². The maximum atomic E-state index is 12.0. The fourth-order valence-corrected chi connectivity index (χ4v) is 5.49. The lowest BCUT2D eigenvalue weighted by Gasteiger charge is -2.28. The number of hydrogen-bond acceptors (Lipinski definition) is 4. The summed E-state index contributed by atoms with van der Waals surface area (Å²) in [5.74, 6) is 0.213. The van der Waals surface area contributed by atoms with Crippen LogP contribution in [0.3, 0.4) is 0 Å². The molecule has 1 aromatic rings. The van der Waals surface area contributed by atoms with Crippen LogP contribution in [-0.4, -0.2) is 28.1 Å². The number of rotatable bonds is 3. The van der Waals surface area contributed by atoms with Gasteiger partial charge in [0.1, 0.15) is 12.7 Å². The molecule has 0 spiro atoms.